The highest BCUT2D eigenvalue weighted by atomic mass is 16.5. The van der Waals surface area contributed by atoms with Crippen molar-refractivity contribution < 1.29 is 9.47 Å². The average Bonchev–Trinajstić information content (AvgIpc) is 2.47. The van der Waals surface area contributed by atoms with Gasteiger partial charge in [-0.25, -0.2) is 0 Å². The Bertz CT molecular complexity index is 553. The number of methoxy groups -OCH3 is 2. The van der Waals surface area contributed by atoms with Crippen LogP contribution in [0.25, 0.3) is 0 Å². The smallest absolute Gasteiger partial charge is 0.122 e. The molecule has 0 unspecified atom stereocenters. The summed E-state index contributed by atoms with van der Waals surface area (Å²) in [5.41, 5.74) is 8.73. The van der Waals surface area contributed by atoms with E-state index in [9.17, 15) is 0 Å². The second kappa shape index (κ2) is 6.70. The third kappa shape index (κ3) is 3.82. The molecule has 2 aromatic carbocycles. The van der Waals surface area contributed by atoms with Gasteiger partial charge in [0, 0.05) is 30.1 Å². The van der Waals surface area contributed by atoms with Gasteiger partial charge in [0.1, 0.15) is 11.5 Å². The maximum atomic E-state index is 5.82. The van der Waals surface area contributed by atoms with Crippen LogP contribution in [0, 0.1) is 0 Å². The highest BCUT2D eigenvalue weighted by Crippen LogP contribution is 2.22. The van der Waals surface area contributed by atoms with Gasteiger partial charge in [0.05, 0.1) is 14.2 Å². The summed E-state index contributed by atoms with van der Waals surface area (Å²) in [7, 11) is 3.31. The van der Waals surface area contributed by atoms with Gasteiger partial charge in [-0.05, 0) is 30.2 Å². The van der Waals surface area contributed by atoms with Crippen molar-refractivity contribution in [3.8, 4) is 11.5 Å². The molecule has 4 nitrogen and oxygen atoms in total. The molecule has 2 rings (SSSR count). The molecule has 0 aliphatic heterocycles. The van der Waals surface area contributed by atoms with E-state index in [-0.39, 0.29) is 0 Å². The fraction of sp³-hybridized carbons (Fsp3) is 0.250. The van der Waals surface area contributed by atoms with Crippen LogP contribution in [0.15, 0.2) is 42.5 Å². The van der Waals surface area contributed by atoms with Gasteiger partial charge < -0.3 is 20.5 Å². The third-order valence-electron chi connectivity index (χ3n) is 3.07. The van der Waals surface area contributed by atoms with E-state index in [1.165, 1.54) is 5.56 Å². The van der Waals surface area contributed by atoms with Gasteiger partial charge in [-0.3, -0.25) is 0 Å². The Morgan fingerprint density at radius 3 is 2.30 bits per heavy atom. The van der Waals surface area contributed by atoms with Gasteiger partial charge in [-0.2, -0.15) is 0 Å². The minimum Gasteiger partial charge on any atom is -0.497 e. The molecule has 0 fully saturated rings. The number of nitrogens with two attached hydrogens (primary N) is 1. The van der Waals surface area contributed by atoms with E-state index < -0.39 is 0 Å². The number of hydrogen-bond donors (Lipinski definition) is 2. The molecule has 3 N–H and O–H groups in total. The summed E-state index contributed by atoms with van der Waals surface area (Å²) >= 11 is 0. The number of anilines is 2. The van der Waals surface area contributed by atoms with E-state index in [4.69, 9.17) is 15.2 Å². The largest absolute Gasteiger partial charge is 0.497 e. The van der Waals surface area contributed by atoms with Gasteiger partial charge in [0.15, 0.2) is 0 Å². The molecule has 20 heavy (non-hydrogen) atoms. The van der Waals surface area contributed by atoms with E-state index >= 15 is 0 Å². The Hall–Kier alpha value is -2.36. The average molecular weight is 272 g/mol. The zero-order valence-electron chi connectivity index (χ0n) is 11.8. The maximum absolute atomic E-state index is 5.82. The summed E-state index contributed by atoms with van der Waals surface area (Å²) < 4.78 is 10.3. The first-order chi connectivity index (χ1) is 9.71. The summed E-state index contributed by atoms with van der Waals surface area (Å²) in [5.74, 6) is 1.64. The molecule has 4 heteroatoms. The minimum atomic E-state index is 0.691. The van der Waals surface area contributed by atoms with Crippen molar-refractivity contribution in [3.63, 3.8) is 0 Å². The van der Waals surface area contributed by atoms with E-state index in [1.807, 2.05) is 24.3 Å². The van der Waals surface area contributed by atoms with E-state index in [0.717, 1.165) is 30.2 Å². The van der Waals surface area contributed by atoms with Gasteiger partial charge in [-0.1, -0.05) is 12.1 Å². The second-order valence-corrected chi connectivity index (χ2v) is 4.52. The molecule has 0 spiro atoms. The lowest BCUT2D eigenvalue weighted by Crippen LogP contribution is -2.05. The van der Waals surface area contributed by atoms with Crippen LogP contribution < -0.4 is 20.5 Å². The molecule has 0 aliphatic carbocycles. The summed E-state index contributed by atoms with van der Waals surface area (Å²) in [6.45, 7) is 0.832. The normalized spacial score (nSPS) is 10.1. The molecular formula is C16H20N2O2. The Labute approximate surface area is 119 Å². The lowest BCUT2D eigenvalue weighted by atomic mass is 10.1. The first kappa shape index (κ1) is 14.1. The van der Waals surface area contributed by atoms with Crippen LogP contribution in [0.2, 0.25) is 0 Å². The molecule has 0 amide bonds. The molecule has 0 radical (unpaired) electrons. The molecule has 0 saturated heterocycles. The monoisotopic (exact) mass is 272 g/mol. The number of nitrogens with one attached hydrogen (secondary N) is 1. The van der Waals surface area contributed by atoms with Crippen LogP contribution in [0.3, 0.4) is 0 Å². The van der Waals surface area contributed by atoms with Crippen LogP contribution in [-0.4, -0.2) is 20.8 Å². The molecule has 0 atom stereocenters. The maximum Gasteiger partial charge on any atom is 0.122 e. The molecule has 0 bridgehead atoms. The highest BCUT2D eigenvalue weighted by Gasteiger charge is 1.99. The topological polar surface area (TPSA) is 56.5 Å². The number of ether oxygens (including phenoxy) is 2. The van der Waals surface area contributed by atoms with E-state index in [2.05, 4.69) is 17.4 Å². The van der Waals surface area contributed by atoms with Gasteiger partial charge in [0.25, 0.3) is 0 Å². The SMILES string of the molecule is COc1ccc(CCNc2cc(N)cc(OC)c2)cc1. The predicted molar refractivity (Wildman–Crippen MR) is 82.6 cm³/mol. The minimum absolute atomic E-state index is 0.691. The lowest BCUT2D eigenvalue weighted by Gasteiger charge is -2.10. The fourth-order valence-electron chi connectivity index (χ4n) is 1.99. The number of benzene rings is 2. The van der Waals surface area contributed by atoms with Gasteiger partial charge >= 0.3 is 0 Å². The molecule has 0 saturated carbocycles. The van der Waals surface area contributed by atoms with E-state index in [0.29, 0.717) is 5.69 Å². The number of nitrogen functional groups attached to an aromatic ring is 1. The van der Waals surface area contributed by atoms with Crippen molar-refractivity contribution in [1.29, 1.82) is 0 Å². The van der Waals surface area contributed by atoms with Crippen molar-refractivity contribution in [2.24, 2.45) is 0 Å². The third-order valence-corrected chi connectivity index (χ3v) is 3.07. The van der Waals surface area contributed by atoms with Crippen molar-refractivity contribution in [3.05, 3.63) is 48.0 Å². The van der Waals surface area contributed by atoms with Gasteiger partial charge in [0.2, 0.25) is 0 Å². The zero-order valence-corrected chi connectivity index (χ0v) is 11.8. The van der Waals surface area contributed by atoms with Crippen LogP contribution in [0.1, 0.15) is 5.56 Å². The standard InChI is InChI=1S/C16H20N2O2/c1-19-15-5-3-12(4-6-15)7-8-18-14-9-13(17)10-16(11-14)20-2/h3-6,9-11,18H,7-8,17H2,1-2H3. The molecule has 0 heterocycles. The van der Waals surface area contributed by atoms with Crippen LogP contribution in [0.4, 0.5) is 11.4 Å². The first-order valence-electron chi connectivity index (χ1n) is 6.52. The summed E-state index contributed by atoms with van der Waals surface area (Å²) in [6, 6.07) is 13.7. The Morgan fingerprint density at radius 1 is 0.950 bits per heavy atom. The summed E-state index contributed by atoms with van der Waals surface area (Å²) in [5, 5.41) is 3.35. The Balaban J connectivity index is 1.90. The molecular weight excluding hydrogens is 252 g/mol. The zero-order chi connectivity index (χ0) is 14.4. The Morgan fingerprint density at radius 2 is 1.65 bits per heavy atom. The van der Waals surface area contributed by atoms with Crippen LogP contribution in [0.5, 0.6) is 11.5 Å². The van der Waals surface area contributed by atoms with Crippen molar-refractivity contribution in [1.82, 2.24) is 0 Å². The number of rotatable bonds is 6. The summed E-state index contributed by atoms with van der Waals surface area (Å²) in [4.78, 5) is 0. The second-order valence-electron chi connectivity index (χ2n) is 4.52. The van der Waals surface area contributed by atoms with E-state index in [1.54, 1.807) is 20.3 Å². The van der Waals surface area contributed by atoms with Crippen LogP contribution in [-0.2, 0) is 6.42 Å². The number of hydrogen-bond acceptors (Lipinski definition) is 4. The van der Waals surface area contributed by atoms with Crippen molar-refractivity contribution in [2.45, 2.75) is 6.42 Å². The first-order valence-corrected chi connectivity index (χ1v) is 6.52. The highest BCUT2D eigenvalue weighted by molar-refractivity contribution is 5.59. The summed E-state index contributed by atoms with van der Waals surface area (Å²) in [6.07, 6.45) is 0.932. The van der Waals surface area contributed by atoms with Crippen molar-refractivity contribution in [2.75, 3.05) is 31.8 Å². The Kier molecular flexibility index (Phi) is 4.71. The van der Waals surface area contributed by atoms with Gasteiger partial charge in [-0.15, -0.1) is 0 Å². The van der Waals surface area contributed by atoms with Crippen molar-refractivity contribution >= 4 is 11.4 Å². The molecule has 106 valence electrons. The van der Waals surface area contributed by atoms with Crippen LogP contribution >= 0.6 is 0 Å². The lowest BCUT2D eigenvalue weighted by molar-refractivity contribution is 0.414. The predicted octanol–water partition coefficient (Wildman–Crippen LogP) is 2.94. The molecule has 0 aromatic heterocycles. The fourth-order valence-corrected chi connectivity index (χ4v) is 1.99. The molecule has 0 aliphatic rings. The molecule has 2 aromatic rings. The quantitative estimate of drug-likeness (QED) is 0.794.